The van der Waals surface area contributed by atoms with Gasteiger partial charge in [-0.3, -0.25) is 14.8 Å². The molecule has 0 fully saturated rings. The highest BCUT2D eigenvalue weighted by Crippen LogP contribution is 2.16. The smallest absolute Gasteiger partial charge is 0.407 e. The molecule has 0 aliphatic carbocycles. The number of carbonyl (C=O) groups excluding carboxylic acids is 3. The fraction of sp³-hybridized carbons (Fsp3) is 0.359. The number of hydrogen-bond donors (Lipinski definition) is 4. The van der Waals surface area contributed by atoms with E-state index in [4.69, 9.17) is 4.74 Å². The highest BCUT2D eigenvalue weighted by Gasteiger charge is 2.31. The van der Waals surface area contributed by atoms with Crippen molar-refractivity contribution in [2.75, 3.05) is 7.05 Å². The zero-order valence-electron chi connectivity index (χ0n) is 29.2. The maximum Gasteiger partial charge on any atom is 0.407 e. The summed E-state index contributed by atoms with van der Waals surface area (Å²) in [5, 5.41) is 20.5. The van der Waals surface area contributed by atoms with Crippen molar-refractivity contribution < 1.29 is 24.2 Å². The van der Waals surface area contributed by atoms with Crippen molar-refractivity contribution >= 4 is 18.0 Å². The summed E-state index contributed by atoms with van der Waals surface area (Å²) in [6.07, 6.45) is 2.40. The fourth-order valence-electron chi connectivity index (χ4n) is 5.60. The van der Waals surface area contributed by atoms with Gasteiger partial charge >= 0.3 is 12.1 Å². The quantitative estimate of drug-likeness (QED) is 0.131. The first kappa shape index (κ1) is 37.5. The number of pyridine rings is 2. The van der Waals surface area contributed by atoms with E-state index in [0.717, 1.165) is 28.1 Å². The van der Waals surface area contributed by atoms with Crippen molar-refractivity contribution in [3.63, 3.8) is 0 Å². The van der Waals surface area contributed by atoms with Gasteiger partial charge in [-0.15, -0.1) is 0 Å². The molecule has 0 saturated carbocycles. The Kier molecular flexibility index (Phi) is 14.3. The number of aromatic nitrogens is 2. The fourth-order valence-corrected chi connectivity index (χ4v) is 5.60. The molecule has 4 amide bonds. The molecular weight excluding hydrogens is 632 g/mol. The number of alkyl carbamates (subject to hydrolysis) is 1. The van der Waals surface area contributed by atoms with Gasteiger partial charge in [0.15, 0.2) is 0 Å². The molecule has 0 bridgehead atoms. The second kappa shape index (κ2) is 19.0. The van der Waals surface area contributed by atoms with Crippen LogP contribution in [-0.2, 0) is 35.5 Å². The maximum atomic E-state index is 13.9. The molecule has 4 aromatic rings. The van der Waals surface area contributed by atoms with Gasteiger partial charge in [-0.25, -0.2) is 9.59 Å². The van der Waals surface area contributed by atoms with Gasteiger partial charge in [0.05, 0.1) is 24.4 Å². The van der Waals surface area contributed by atoms with E-state index < -0.39 is 36.4 Å². The molecule has 0 aliphatic heterocycles. The highest BCUT2D eigenvalue weighted by atomic mass is 16.5. The summed E-state index contributed by atoms with van der Waals surface area (Å²) in [7, 11) is 1.66. The molecule has 50 heavy (non-hydrogen) atoms. The third-order valence-electron chi connectivity index (χ3n) is 8.28. The Morgan fingerprint density at radius 1 is 0.820 bits per heavy atom. The first-order valence-corrected chi connectivity index (χ1v) is 16.9. The van der Waals surface area contributed by atoms with Gasteiger partial charge in [0.25, 0.3) is 0 Å². The lowest BCUT2D eigenvalue weighted by Gasteiger charge is -2.30. The van der Waals surface area contributed by atoms with Gasteiger partial charge in [0.1, 0.15) is 12.6 Å². The Morgan fingerprint density at radius 2 is 1.48 bits per heavy atom. The highest BCUT2D eigenvalue weighted by molar-refractivity contribution is 5.87. The van der Waals surface area contributed by atoms with Crippen LogP contribution in [0.5, 0.6) is 0 Å². The van der Waals surface area contributed by atoms with Crippen LogP contribution in [0.2, 0.25) is 0 Å². The predicted octanol–water partition coefficient (Wildman–Crippen LogP) is 4.97. The summed E-state index contributed by atoms with van der Waals surface area (Å²) < 4.78 is 5.45. The van der Waals surface area contributed by atoms with Crippen LogP contribution in [-0.4, -0.2) is 69.3 Å². The van der Waals surface area contributed by atoms with Crippen molar-refractivity contribution in [1.82, 2.24) is 30.8 Å². The molecule has 11 nitrogen and oxygen atoms in total. The lowest BCUT2D eigenvalue weighted by molar-refractivity contribution is -0.124. The Morgan fingerprint density at radius 3 is 2.10 bits per heavy atom. The van der Waals surface area contributed by atoms with Gasteiger partial charge in [-0.05, 0) is 61.4 Å². The van der Waals surface area contributed by atoms with Crippen molar-refractivity contribution in [3.05, 3.63) is 131 Å². The number of amides is 4. The minimum absolute atomic E-state index is 0.0273. The van der Waals surface area contributed by atoms with E-state index in [2.05, 4.69) is 25.9 Å². The zero-order chi connectivity index (χ0) is 35.9. The van der Waals surface area contributed by atoms with E-state index in [0.29, 0.717) is 12.8 Å². The van der Waals surface area contributed by atoms with Gasteiger partial charge in [0.2, 0.25) is 5.91 Å². The van der Waals surface area contributed by atoms with Gasteiger partial charge < -0.3 is 30.7 Å². The number of hydrogen-bond acceptors (Lipinski definition) is 7. The number of nitrogens with one attached hydrogen (secondary N) is 3. The van der Waals surface area contributed by atoms with Crippen molar-refractivity contribution in [3.8, 4) is 0 Å². The van der Waals surface area contributed by atoms with Crippen LogP contribution in [0, 0.1) is 12.8 Å². The molecule has 2 aromatic heterocycles. The minimum atomic E-state index is -1.06. The summed E-state index contributed by atoms with van der Waals surface area (Å²) >= 11 is 0. The molecule has 4 atom stereocenters. The van der Waals surface area contributed by atoms with Gasteiger partial charge in [0, 0.05) is 36.7 Å². The number of benzene rings is 2. The van der Waals surface area contributed by atoms with Crippen LogP contribution >= 0.6 is 0 Å². The second-order valence-electron chi connectivity index (χ2n) is 12.9. The molecule has 1 unspecified atom stereocenters. The van der Waals surface area contributed by atoms with Gasteiger partial charge in [-0.2, -0.15) is 0 Å². The number of aryl methyl sites for hydroxylation is 1. The van der Waals surface area contributed by atoms with E-state index in [1.165, 1.54) is 4.90 Å². The number of carbonyl (C=O) groups is 3. The monoisotopic (exact) mass is 680 g/mol. The molecule has 11 heteroatoms. The third-order valence-corrected chi connectivity index (χ3v) is 8.28. The molecular formula is C39H48N6O5. The summed E-state index contributed by atoms with van der Waals surface area (Å²) in [5.41, 5.74) is 4.21. The summed E-state index contributed by atoms with van der Waals surface area (Å²) in [6.45, 7) is 5.93. The average Bonchev–Trinajstić information content (AvgIpc) is 3.10. The summed E-state index contributed by atoms with van der Waals surface area (Å²) in [6, 6.07) is 25.9. The number of aliphatic hydroxyl groups excluding tert-OH is 1. The van der Waals surface area contributed by atoms with Crippen molar-refractivity contribution in [1.29, 1.82) is 0 Å². The largest absolute Gasteiger partial charge is 0.445 e. The van der Waals surface area contributed by atoms with Crippen molar-refractivity contribution in [2.45, 2.75) is 77.4 Å². The molecule has 4 N–H and O–H groups in total. The van der Waals surface area contributed by atoms with Crippen LogP contribution in [0.4, 0.5) is 9.59 Å². The standard InChI is InChI=1S/C39H48N6O5/c1-27(2)36(44-38(48)45(4)25-32-19-11-13-28(3)41-32)37(47)42-33(21-29-14-7-5-8-15-29)23-35(46)34(22-30-16-9-6-10-17-30)43-39(49)50-26-31-18-12-20-40-24-31/h5-20,24,27,33-36,46H,21-23,25-26H2,1-4H3,(H,42,47)(H,43,49)(H,44,48)/t33-,34-,35-,36?/m0/s1. The molecule has 0 radical (unpaired) electrons. The summed E-state index contributed by atoms with van der Waals surface area (Å²) in [5.74, 6) is -0.596. The number of nitrogens with zero attached hydrogens (tertiary/aromatic N) is 3. The van der Waals surface area contributed by atoms with E-state index in [9.17, 15) is 19.5 Å². The van der Waals surface area contributed by atoms with Crippen LogP contribution in [0.1, 0.15) is 48.3 Å². The van der Waals surface area contributed by atoms with E-state index in [1.54, 1.807) is 31.6 Å². The molecule has 4 rings (SSSR count). The third kappa shape index (κ3) is 12.3. The SMILES string of the molecule is Cc1cccc(CN(C)C(=O)NC(C(=O)N[C@@H](Cc2ccccc2)C[C@H](O)[C@H](Cc2ccccc2)NC(=O)OCc2cccnc2)C(C)C)n1. The Balaban J connectivity index is 1.47. The Labute approximate surface area is 294 Å². The van der Waals surface area contributed by atoms with Crippen LogP contribution in [0.15, 0.2) is 103 Å². The number of rotatable bonds is 16. The van der Waals surface area contributed by atoms with Crippen LogP contribution < -0.4 is 16.0 Å². The predicted molar refractivity (Wildman–Crippen MR) is 192 cm³/mol. The molecule has 0 saturated heterocycles. The van der Waals surface area contributed by atoms with Crippen molar-refractivity contribution in [2.24, 2.45) is 5.92 Å². The van der Waals surface area contributed by atoms with E-state index in [1.807, 2.05) is 99.6 Å². The lowest BCUT2D eigenvalue weighted by Crippen LogP contribution is -2.55. The van der Waals surface area contributed by atoms with Crippen LogP contribution in [0.3, 0.4) is 0 Å². The lowest BCUT2D eigenvalue weighted by atomic mass is 9.93. The Bertz CT molecular complexity index is 1640. The number of urea groups is 1. The summed E-state index contributed by atoms with van der Waals surface area (Å²) in [4.78, 5) is 50.0. The van der Waals surface area contributed by atoms with Crippen LogP contribution in [0.25, 0.3) is 0 Å². The first-order valence-electron chi connectivity index (χ1n) is 16.9. The molecule has 264 valence electrons. The Hall–Kier alpha value is -5.29. The van der Waals surface area contributed by atoms with Gasteiger partial charge in [-0.1, -0.05) is 86.6 Å². The average molecular weight is 681 g/mol. The topological polar surface area (TPSA) is 146 Å². The van der Waals surface area contributed by atoms with E-state index in [-0.39, 0.29) is 31.4 Å². The molecule has 2 aromatic carbocycles. The first-order chi connectivity index (χ1) is 24.1. The normalized spacial score (nSPS) is 13.4. The molecule has 2 heterocycles. The van der Waals surface area contributed by atoms with E-state index >= 15 is 0 Å². The number of aliphatic hydroxyl groups is 1. The maximum absolute atomic E-state index is 13.9. The number of ether oxygens (including phenoxy) is 1. The second-order valence-corrected chi connectivity index (χ2v) is 12.9. The molecule has 0 spiro atoms. The zero-order valence-corrected chi connectivity index (χ0v) is 29.2. The molecule has 0 aliphatic rings. The minimum Gasteiger partial charge on any atom is -0.445 e.